The second-order valence-electron chi connectivity index (χ2n) is 6.45. The van der Waals surface area contributed by atoms with Gasteiger partial charge in [-0.2, -0.15) is 10.1 Å². The van der Waals surface area contributed by atoms with Gasteiger partial charge in [0.05, 0.1) is 23.5 Å². The number of amides is 1. The molecule has 0 radical (unpaired) electrons. The number of carbonyl (C=O) groups is 1. The fraction of sp³-hybridized carbons (Fsp3) is 0.421. The second-order valence-corrected chi connectivity index (χ2v) is 6.45. The molecule has 1 unspecified atom stereocenters. The van der Waals surface area contributed by atoms with Crippen molar-refractivity contribution >= 4 is 11.6 Å². The molecule has 0 spiro atoms. The van der Waals surface area contributed by atoms with Gasteiger partial charge in [-0.3, -0.25) is 14.5 Å². The number of aryl methyl sites for hydroxylation is 2. The van der Waals surface area contributed by atoms with Crippen LogP contribution in [-0.4, -0.2) is 44.1 Å². The van der Waals surface area contributed by atoms with Crippen LogP contribution in [0.2, 0.25) is 0 Å². The van der Waals surface area contributed by atoms with Gasteiger partial charge in [0.15, 0.2) is 0 Å². The van der Waals surface area contributed by atoms with Gasteiger partial charge in [-0.1, -0.05) is 30.8 Å². The second kappa shape index (κ2) is 8.57. The lowest BCUT2D eigenvalue weighted by Crippen LogP contribution is -2.35. The number of hydrogen-bond acceptors (Lipinski definition) is 6. The standard InChI is InChI=1S/C19H24N6O2/c1-4-17-23-18(24-27-17)16-8-5-7-13(2)15(9-6-10-20-16)22-19(26)14-11-21-25(3)12-14/h5,7,11-12,15H,2,4,6,8-10H2,1,3H3,(H,22,26)/b7-5-,20-16?. The van der Waals surface area contributed by atoms with Crippen LogP contribution in [0.5, 0.6) is 0 Å². The van der Waals surface area contributed by atoms with Crippen molar-refractivity contribution in [3.8, 4) is 0 Å². The predicted octanol–water partition coefficient (Wildman–Crippen LogP) is 2.25. The average Bonchev–Trinajstić information content (AvgIpc) is 3.31. The Morgan fingerprint density at radius 1 is 1.48 bits per heavy atom. The van der Waals surface area contributed by atoms with Gasteiger partial charge in [0.25, 0.3) is 5.91 Å². The van der Waals surface area contributed by atoms with Crippen molar-refractivity contribution < 1.29 is 9.32 Å². The first kappa shape index (κ1) is 18.8. The molecule has 1 aliphatic rings. The van der Waals surface area contributed by atoms with E-state index in [4.69, 9.17) is 4.52 Å². The Bertz CT molecular complexity index is 876. The van der Waals surface area contributed by atoms with E-state index in [0.29, 0.717) is 36.7 Å². The van der Waals surface area contributed by atoms with E-state index in [2.05, 4.69) is 32.1 Å². The Kier molecular flexibility index (Phi) is 5.95. The molecule has 0 aromatic carbocycles. The number of allylic oxidation sites excluding steroid dienone is 1. The highest BCUT2D eigenvalue weighted by atomic mass is 16.5. The molecule has 3 rings (SSSR count). The van der Waals surface area contributed by atoms with Gasteiger partial charge in [0.2, 0.25) is 11.7 Å². The lowest BCUT2D eigenvalue weighted by atomic mass is 10.0. The highest BCUT2D eigenvalue weighted by molar-refractivity contribution is 5.98. The van der Waals surface area contributed by atoms with Crippen LogP contribution in [-0.2, 0) is 13.5 Å². The molecule has 0 saturated carbocycles. The van der Waals surface area contributed by atoms with Crippen LogP contribution in [0.3, 0.4) is 0 Å². The number of aromatic nitrogens is 4. The minimum atomic E-state index is -0.150. The van der Waals surface area contributed by atoms with E-state index in [9.17, 15) is 4.79 Å². The van der Waals surface area contributed by atoms with Crippen molar-refractivity contribution in [1.29, 1.82) is 0 Å². The van der Waals surface area contributed by atoms with Crippen LogP contribution in [0.15, 0.2) is 46.2 Å². The molecular formula is C19H24N6O2. The molecule has 2 aromatic rings. The molecule has 142 valence electrons. The lowest BCUT2D eigenvalue weighted by molar-refractivity contribution is 0.0941. The van der Waals surface area contributed by atoms with Gasteiger partial charge in [-0.25, -0.2) is 0 Å². The van der Waals surface area contributed by atoms with Gasteiger partial charge in [0, 0.05) is 32.6 Å². The minimum Gasteiger partial charge on any atom is -0.345 e. The number of carbonyl (C=O) groups excluding carboxylic acids is 1. The summed E-state index contributed by atoms with van der Waals surface area (Å²) in [4.78, 5) is 21.4. The fourth-order valence-corrected chi connectivity index (χ4v) is 2.82. The van der Waals surface area contributed by atoms with Crippen molar-refractivity contribution in [2.24, 2.45) is 12.0 Å². The molecule has 0 aliphatic carbocycles. The molecule has 0 saturated heterocycles. The van der Waals surface area contributed by atoms with Crippen molar-refractivity contribution in [2.75, 3.05) is 6.54 Å². The summed E-state index contributed by atoms with van der Waals surface area (Å²) in [5.74, 6) is 1.00. The third-order valence-electron chi connectivity index (χ3n) is 4.35. The SMILES string of the molecule is C=C1/C=C\CC(c2noc(CC)n2)=NCCCC1NC(=O)c1cnn(C)c1. The monoisotopic (exact) mass is 368 g/mol. The number of nitrogens with zero attached hydrogens (tertiary/aromatic N) is 5. The van der Waals surface area contributed by atoms with Crippen LogP contribution in [0.1, 0.15) is 48.3 Å². The Hall–Kier alpha value is -3.03. The van der Waals surface area contributed by atoms with E-state index in [1.807, 2.05) is 19.1 Å². The van der Waals surface area contributed by atoms with Crippen LogP contribution < -0.4 is 5.32 Å². The van der Waals surface area contributed by atoms with Gasteiger partial charge in [0.1, 0.15) is 0 Å². The Morgan fingerprint density at radius 2 is 2.33 bits per heavy atom. The molecule has 1 amide bonds. The number of rotatable bonds is 4. The van der Waals surface area contributed by atoms with E-state index >= 15 is 0 Å². The summed E-state index contributed by atoms with van der Waals surface area (Å²) < 4.78 is 6.79. The average molecular weight is 368 g/mol. The summed E-state index contributed by atoms with van der Waals surface area (Å²) in [6, 6.07) is -0.137. The summed E-state index contributed by atoms with van der Waals surface area (Å²) >= 11 is 0. The molecule has 0 bridgehead atoms. The molecule has 2 aromatic heterocycles. The summed E-state index contributed by atoms with van der Waals surface area (Å²) in [7, 11) is 1.78. The molecule has 1 aliphatic heterocycles. The Balaban J connectivity index is 1.66. The first-order chi connectivity index (χ1) is 13.1. The number of aliphatic imine (C=N–C) groups is 1. The third kappa shape index (κ3) is 4.78. The van der Waals surface area contributed by atoms with Crippen molar-refractivity contribution in [3.05, 3.63) is 54.0 Å². The maximum atomic E-state index is 12.4. The van der Waals surface area contributed by atoms with Crippen LogP contribution in [0.4, 0.5) is 0 Å². The zero-order valence-electron chi connectivity index (χ0n) is 15.7. The van der Waals surface area contributed by atoms with Crippen molar-refractivity contribution in [1.82, 2.24) is 25.2 Å². The first-order valence-corrected chi connectivity index (χ1v) is 9.08. The lowest BCUT2D eigenvalue weighted by Gasteiger charge is -2.19. The molecule has 0 fully saturated rings. The van der Waals surface area contributed by atoms with E-state index in [1.54, 1.807) is 24.1 Å². The molecule has 1 atom stereocenters. The number of nitrogens with one attached hydrogen (secondary N) is 1. The van der Waals surface area contributed by atoms with Crippen molar-refractivity contribution in [3.63, 3.8) is 0 Å². The van der Waals surface area contributed by atoms with E-state index < -0.39 is 0 Å². The zero-order valence-corrected chi connectivity index (χ0v) is 15.7. The van der Waals surface area contributed by atoms with Gasteiger partial charge in [-0.15, -0.1) is 0 Å². The molecule has 1 N–H and O–H groups in total. The Morgan fingerprint density at radius 3 is 3.04 bits per heavy atom. The summed E-state index contributed by atoms with van der Waals surface area (Å²) in [6.07, 6.45) is 10.00. The van der Waals surface area contributed by atoms with Crippen LogP contribution >= 0.6 is 0 Å². The maximum Gasteiger partial charge on any atom is 0.254 e. The summed E-state index contributed by atoms with van der Waals surface area (Å²) in [5, 5.41) is 11.1. The van der Waals surface area contributed by atoms with E-state index in [0.717, 1.165) is 24.1 Å². The van der Waals surface area contributed by atoms with Gasteiger partial charge < -0.3 is 9.84 Å². The topological polar surface area (TPSA) is 98.2 Å². The fourth-order valence-electron chi connectivity index (χ4n) is 2.82. The summed E-state index contributed by atoms with van der Waals surface area (Å²) in [6.45, 7) is 6.72. The van der Waals surface area contributed by atoms with Crippen molar-refractivity contribution in [2.45, 2.75) is 38.6 Å². The van der Waals surface area contributed by atoms with Gasteiger partial charge in [-0.05, 0) is 18.4 Å². The molecule has 3 heterocycles. The minimum absolute atomic E-state index is 0.137. The van der Waals surface area contributed by atoms with E-state index in [-0.39, 0.29) is 11.9 Å². The molecular weight excluding hydrogens is 344 g/mol. The first-order valence-electron chi connectivity index (χ1n) is 9.08. The molecule has 27 heavy (non-hydrogen) atoms. The largest absolute Gasteiger partial charge is 0.345 e. The normalized spacial score (nSPS) is 19.4. The van der Waals surface area contributed by atoms with Crippen LogP contribution in [0.25, 0.3) is 0 Å². The smallest absolute Gasteiger partial charge is 0.254 e. The quantitative estimate of drug-likeness (QED) is 0.892. The number of hydrogen-bond donors (Lipinski definition) is 1. The molecule has 8 heteroatoms. The zero-order chi connectivity index (χ0) is 19.2. The summed E-state index contributed by atoms with van der Waals surface area (Å²) in [5.41, 5.74) is 2.20. The predicted molar refractivity (Wildman–Crippen MR) is 102 cm³/mol. The Labute approximate surface area is 158 Å². The maximum absolute atomic E-state index is 12.4. The van der Waals surface area contributed by atoms with Crippen LogP contribution in [0, 0.1) is 0 Å². The third-order valence-corrected chi connectivity index (χ3v) is 4.35. The highest BCUT2D eigenvalue weighted by Crippen LogP contribution is 2.14. The van der Waals surface area contributed by atoms with Gasteiger partial charge >= 0.3 is 0 Å². The molecule has 8 nitrogen and oxygen atoms in total. The van der Waals surface area contributed by atoms with E-state index in [1.165, 1.54) is 0 Å². The highest BCUT2D eigenvalue weighted by Gasteiger charge is 2.18.